The van der Waals surface area contributed by atoms with Gasteiger partial charge in [-0.05, 0) is 46.9 Å². The van der Waals surface area contributed by atoms with Crippen LogP contribution in [0.5, 0.6) is 11.6 Å². The summed E-state index contributed by atoms with van der Waals surface area (Å²) in [6.45, 7) is 0. The zero-order chi connectivity index (χ0) is 11.4. The third-order valence-corrected chi connectivity index (χ3v) is 2.67. The van der Waals surface area contributed by atoms with E-state index in [-0.39, 0.29) is 0 Å². The minimum atomic E-state index is 0.592. The first-order valence-electron chi connectivity index (χ1n) is 4.86. The van der Waals surface area contributed by atoms with E-state index in [1.165, 1.54) is 0 Å². The smallest absolute Gasteiger partial charge is 0.221 e. The van der Waals surface area contributed by atoms with Gasteiger partial charge in [-0.25, -0.2) is 0 Å². The van der Waals surface area contributed by atoms with Crippen molar-refractivity contribution in [3.8, 4) is 11.6 Å². The van der Waals surface area contributed by atoms with Crippen LogP contribution >= 0.6 is 22.6 Å². The number of pyridine rings is 1. The van der Waals surface area contributed by atoms with Gasteiger partial charge in [-0.1, -0.05) is 12.1 Å². The van der Waals surface area contributed by atoms with Gasteiger partial charge in [0.25, 0.3) is 0 Å². The zero-order valence-corrected chi connectivity index (χ0v) is 10.9. The third kappa shape index (κ3) is 2.85. The number of hydrogen-bond donors (Lipinski definition) is 1. The van der Waals surface area contributed by atoms with Crippen LogP contribution in [0.1, 0.15) is 0 Å². The lowest BCUT2D eigenvalue weighted by Crippen LogP contribution is -1.94. The highest BCUT2D eigenvalue weighted by atomic mass is 127. The topological polar surface area (TPSA) is 34.1 Å². The van der Waals surface area contributed by atoms with E-state index in [0.29, 0.717) is 5.88 Å². The largest absolute Gasteiger partial charge is 0.439 e. The summed E-state index contributed by atoms with van der Waals surface area (Å²) in [4.78, 5) is 4.28. The number of nitrogens with zero attached hydrogens (tertiary/aromatic N) is 1. The Bertz CT molecular complexity index is 488. The summed E-state index contributed by atoms with van der Waals surface area (Å²) in [6.07, 6.45) is 0. The average molecular weight is 326 g/mol. The fourth-order valence-corrected chi connectivity index (χ4v) is 1.78. The normalized spacial score (nSPS) is 9.88. The van der Waals surface area contributed by atoms with E-state index in [1.54, 1.807) is 0 Å². The Kier molecular flexibility index (Phi) is 3.61. The van der Waals surface area contributed by atoms with Crippen LogP contribution in [0.3, 0.4) is 0 Å². The third-order valence-electron chi connectivity index (χ3n) is 2.00. The summed E-state index contributed by atoms with van der Waals surface area (Å²) in [7, 11) is 1.83. The quantitative estimate of drug-likeness (QED) is 0.877. The van der Waals surface area contributed by atoms with Gasteiger partial charge in [-0.15, -0.1) is 0 Å². The fraction of sp³-hybridized carbons (Fsp3) is 0.0833. The van der Waals surface area contributed by atoms with E-state index in [4.69, 9.17) is 4.74 Å². The number of aromatic nitrogens is 1. The molecule has 0 aliphatic carbocycles. The van der Waals surface area contributed by atoms with Crippen LogP contribution in [0, 0.1) is 3.57 Å². The summed E-state index contributed by atoms with van der Waals surface area (Å²) in [5.41, 5.74) is 0. The van der Waals surface area contributed by atoms with Crippen molar-refractivity contribution in [1.29, 1.82) is 0 Å². The molecular formula is C12H11IN2O. The summed E-state index contributed by atoms with van der Waals surface area (Å²) >= 11 is 2.25. The monoisotopic (exact) mass is 326 g/mol. The Hall–Kier alpha value is -1.30. The minimum Gasteiger partial charge on any atom is -0.439 e. The molecule has 1 aromatic heterocycles. The molecule has 82 valence electrons. The van der Waals surface area contributed by atoms with Crippen molar-refractivity contribution in [3.05, 3.63) is 46.0 Å². The highest BCUT2D eigenvalue weighted by Crippen LogP contribution is 2.22. The second-order valence-corrected chi connectivity index (χ2v) is 4.42. The first kappa shape index (κ1) is 11.2. The maximum absolute atomic E-state index is 5.65. The number of rotatable bonds is 3. The van der Waals surface area contributed by atoms with Gasteiger partial charge in [0.2, 0.25) is 5.88 Å². The molecule has 4 heteroatoms. The first-order valence-corrected chi connectivity index (χ1v) is 5.94. The Morgan fingerprint density at radius 3 is 2.75 bits per heavy atom. The Balaban J connectivity index is 2.20. The zero-order valence-electron chi connectivity index (χ0n) is 8.77. The van der Waals surface area contributed by atoms with E-state index in [9.17, 15) is 0 Å². The maximum atomic E-state index is 5.65. The molecule has 1 aromatic carbocycles. The number of anilines is 1. The van der Waals surface area contributed by atoms with Crippen molar-refractivity contribution in [2.75, 3.05) is 12.4 Å². The summed E-state index contributed by atoms with van der Waals surface area (Å²) in [6, 6.07) is 13.5. The molecule has 0 fully saturated rings. The van der Waals surface area contributed by atoms with E-state index in [2.05, 4.69) is 32.9 Å². The summed E-state index contributed by atoms with van der Waals surface area (Å²) in [5, 5.41) is 2.97. The SMILES string of the molecule is CNc1cccc(Oc2cccc(I)c2)n1. The standard InChI is InChI=1S/C12H11IN2O/c1-14-11-6-3-7-12(15-11)16-10-5-2-4-9(13)8-10/h2-8H,1H3,(H,14,15). The van der Waals surface area contributed by atoms with Gasteiger partial charge < -0.3 is 10.1 Å². The molecule has 0 bridgehead atoms. The number of nitrogens with one attached hydrogen (secondary N) is 1. The van der Waals surface area contributed by atoms with E-state index in [1.807, 2.05) is 49.5 Å². The second kappa shape index (κ2) is 5.16. The van der Waals surface area contributed by atoms with Crippen LogP contribution in [-0.2, 0) is 0 Å². The molecule has 1 heterocycles. The molecule has 1 N–H and O–H groups in total. The molecule has 3 nitrogen and oxygen atoms in total. The van der Waals surface area contributed by atoms with Crippen molar-refractivity contribution < 1.29 is 4.74 Å². The van der Waals surface area contributed by atoms with Crippen LogP contribution < -0.4 is 10.1 Å². The van der Waals surface area contributed by atoms with Gasteiger partial charge in [0.15, 0.2) is 0 Å². The van der Waals surface area contributed by atoms with Crippen LogP contribution in [0.4, 0.5) is 5.82 Å². The molecule has 0 aliphatic rings. The van der Waals surface area contributed by atoms with Crippen LogP contribution in [0.2, 0.25) is 0 Å². The lowest BCUT2D eigenvalue weighted by molar-refractivity contribution is 0.463. The minimum absolute atomic E-state index is 0.592. The molecule has 0 unspecified atom stereocenters. The van der Waals surface area contributed by atoms with Gasteiger partial charge in [-0.3, -0.25) is 0 Å². The van der Waals surface area contributed by atoms with Gasteiger partial charge in [0.05, 0.1) is 0 Å². The molecule has 0 spiro atoms. The molecule has 2 rings (SSSR count). The van der Waals surface area contributed by atoms with Crippen molar-refractivity contribution in [1.82, 2.24) is 4.98 Å². The molecule has 0 amide bonds. The first-order chi connectivity index (χ1) is 7.78. The molecule has 0 radical (unpaired) electrons. The van der Waals surface area contributed by atoms with Gasteiger partial charge >= 0.3 is 0 Å². The van der Waals surface area contributed by atoms with E-state index in [0.717, 1.165) is 15.1 Å². The molecule has 16 heavy (non-hydrogen) atoms. The van der Waals surface area contributed by atoms with Crippen LogP contribution in [0.15, 0.2) is 42.5 Å². The molecule has 2 aromatic rings. The average Bonchev–Trinajstić information content (AvgIpc) is 2.29. The highest BCUT2D eigenvalue weighted by molar-refractivity contribution is 14.1. The lowest BCUT2D eigenvalue weighted by Gasteiger charge is -2.06. The maximum Gasteiger partial charge on any atom is 0.221 e. The summed E-state index contributed by atoms with van der Waals surface area (Å²) in [5.74, 6) is 2.18. The Morgan fingerprint density at radius 1 is 1.19 bits per heavy atom. The molecular weight excluding hydrogens is 315 g/mol. The van der Waals surface area contributed by atoms with E-state index >= 15 is 0 Å². The lowest BCUT2D eigenvalue weighted by atomic mass is 10.3. The number of halogens is 1. The predicted molar refractivity (Wildman–Crippen MR) is 73.0 cm³/mol. The number of benzene rings is 1. The number of ether oxygens (including phenoxy) is 1. The van der Waals surface area contributed by atoms with Crippen molar-refractivity contribution >= 4 is 28.4 Å². The van der Waals surface area contributed by atoms with Crippen molar-refractivity contribution in [2.45, 2.75) is 0 Å². The molecule has 0 atom stereocenters. The van der Waals surface area contributed by atoms with Gasteiger partial charge in [0, 0.05) is 16.7 Å². The molecule has 0 aliphatic heterocycles. The number of hydrogen-bond acceptors (Lipinski definition) is 3. The van der Waals surface area contributed by atoms with Gasteiger partial charge in [-0.2, -0.15) is 4.98 Å². The summed E-state index contributed by atoms with van der Waals surface area (Å²) < 4.78 is 6.78. The fourth-order valence-electron chi connectivity index (χ4n) is 1.26. The van der Waals surface area contributed by atoms with Crippen LogP contribution in [0.25, 0.3) is 0 Å². The van der Waals surface area contributed by atoms with Crippen molar-refractivity contribution in [3.63, 3.8) is 0 Å². The van der Waals surface area contributed by atoms with Gasteiger partial charge in [0.1, 0.15) is 11.6 Å². The second-order valence-electron chi connectivity index (χ2n) is 3.17. The van der Waals surface area contributed by atoms with E-state index < -0.39 is 0 Å². The molecule has 0 saturated heterocycles. The van der Waals surface area contributed by atoms with Crippen molar-refractivity contribution in [2.24, 2.45) is 0 Å². The Labute approximate surface area is 108 Å². The Morgan fingerprint density at radius 2 is 2.00 bits per heavy atom. The molecule has 0 saturated carbocycles. The predicted octanol–water partition coefficient (Wildman–Crippen LogP) is 3.52. The highest BCUT2D eigenvalue weighted by Gasteiger charge is 1.99. The van der Waals surface area contributed by atoms with Crippen LogP contribution in [-0.4, -0.2) is 12.0 Å².